The molecule has 0 heterocycles. The lowest BCUT2D eigenvalue weighted by Gasteiger charge is -2.09. The van der Waals surface area contributed by atoms with E-state index in [-0.39, 0.29) is 31.1 Å². The van der Waals surface area contributed by atoms with Gasteiger partial charge in [0, 0.05) is 20.2 Å². The van der Waals surface area contributed by atoms with Gasteiger partial charge in [-0.3, -0.25) is 4.79 Å². The van der Waals surface area contributed by atoms with Gasteiger partial charge in [-0.15, -0.1) is 0 Å². The third-order valence-electron chi connectivity index (χ3n) is 1.57. The summed E-state index contributed by atoms with van der Waals surface area (Å²) in [6.07, 6.45) is 0.0543. The van der Waals surface area contributed by atoms with Gasteiger partial charge in [-0.25, -0.2) is 4.79 Å². The van der Waals surface area contributed by atoms with Crippen LogP contribution in [0.1, 0.15) is 20.3 Å². The van der Waals surface area contributed by atoms with Crippen molar-refractivity contribution in [3.8, 4) is 0 Å². The first-order valence-electron chi connectivity index (χ1n) is 5.26. The maximum absolute atomic E-state index is 11.1. The zero-order chi connectivity index (χ0) is 12.4. The summed E-state index contributed by atoms with van der Waals surface area (Å²) in [6.45, 7) is 4.73. The van der Waals surface area contributed by atoms with Crippen LogP contribution in [0.4, 0.5) is 4.79 Å². The van der Waals surface area contributed by atoms with Crippen LogP contribution in [-0.4, -0.2) is 44.9 Å². The second-order valence-corrected chi connectivity index (χ2v) is 3.46. The summed E-state index contributed by atoms with van der Waals surface area (Å²) < 4.78 is 9.66. The Labute approximate surface area is 95.7 Å². The molecular formula is C10H20N2O4. The molecule has 0 unspecified atom stereocenters. The number of amides is 2. The molecule has 0 atom stereocenters. The largest absolute Gasteiger partial charge is 0.463 e. The van der Waals surface area contributed by atoms with E-state index in [1.54, 1.807) is 21.0 Å². The van der Waals surface area contributed by atoms with Crippen LogP contribution >= 0.6 is 0 Å². The Morgan fingerprint density at radius 3 is 2.38 bits per heavy atom. The molecule has 0 aromatic carbocycles. The van der Waals surface area contributed by atoms with Crippen LogP contribution in [0.3, 0.4) is 0 Å². The van der Waals surface area contributed by atoms with Crippen molar-refractivity contribution in [2.24, 2.45) is 0 Å². The number of nitrogens with one attached hydrogen (secondary N) is 2. The summed E-state index contributed by atoms with van der Waals surface area (Å²) in [5.74, 6) is -0.313. The van der Waals surface area contributed by atoms with Crippen LogP contribution in [0.25, 0.3) is 0 Å². The monoisotopic (exact) mass is 232 g/mol. The Balaban J connectivity index is 3.43. The summed E-state index contributed by atoms with van der Waals surface area (Å²) in [5, 5.41) is 5.11. The summed E-state index contributed by atoms with van der Waals surface area (Å²) in [5.41, 5.74) is 0. The SMILES string of the molecule is COCCNC(=O)NCCC(=O)OC(C)C. The highest BCUT2D eigenvalue weighted by molar-refractivity contribution is 5.75. The molecule has 0 aromatic rings. The molecule has 94 valence electrons. The zero-order valence-corrected chi connectivity index (χ0v) is 10.0. The lowest BCUT2D eigenvalue weighted by molar-refractivity contribution is -0.147. The van der Waals surface area contributed by atoms with Crippen molar-refractivity contribution in [2.75, 3.05) is 26.8 Å². The van der Waals surface area contributed by atoms with Crippen molar-refractivity contribution >= 4 is 12.0 Å². The molecule has 0 fully saturated rings. The number of carbonyl (C=O) groups is 2. The van der Waals surface area contributed by atoms with Crippen LogP contribution in [0, 0.1) is 0 Å². The van der Waals surface area contributed by atoms with E-state index in [1.165, 1.54) is 0 Å². The maximum Gasteiger partial charge on any atom is 0.314 e. The molecular weight excluding hydrogens is 212 g/mol. The van der Waals surface area contributed by atoms with Gasteiger partial charge in [0.2, 0.25) is 0 Å². The van der Waals surface area contributed by atoms with E-state index in [1.807, 2.05) is 0 Å². The van der Waals surface area contributed by atoms with Gasteiger partial charge < -0.3 is 20.1 Å². The zero-order valence-electron chi connectivity index (χ0n) is 10.0. The molecule has 0 aliphatic carbocycles. The summed E-state index contributed by atoms with van der Waals surface area (Å²) in [7, 11) is 1.56. The fraction of sp³-hybridized carbons (Fsp3) is 0.800. The third-order valence-corrected chi connectivity index (χ3v) is 1.57. The number of ether oxygens (including phenoxy) is 2. The number of carbonyl (C=O) groups excluding carboxylic acids is 2. The van der Waals surface area contributed by atoms with Crippen molar-refractivity contribution in [1.82, 2.24) is 10.6 Å². The van der Waals surface area contributed by atoms with Gasteiger partial charge in [0.15, 0.2) is 0 Å². The average molecular weight is 232 g/mol. The number of urea groups is 1. The van der Waals surface area contributed by atoms with E-state index in [0.717, 1.165) is 0 Å². The summed E-state index contributed by atoms with van der Waals surface area (Å²) >= 11 is 0. The average Bonchev–Trinajstić information content (AvgIpc) is 2.17. The minimum Gasteiger partial charge on any atom is -0.463 e. The van der Waals surface area contributed by atoms with E-state index in [0.29, 0.717) is 13.2 Å². The number of hydrogen-bond donors (Lipinski definition) is 2. The first kappa shape index (κ1) is 14.7. The molecule has 0 aliphatic rings. The van der Waals surface area contributed by atoms with Crippen molar-refractivity contribution < 1.29 is 19.1 Å². The third kappa shape index (κ3) is 9.26. The second kappa shape index (κ2) is 8.96. The minimum atomic E-state index is -0.313. The Morgan fingerprint density at radius 2 is 1.81 bits per heavy atom. The first-order chi connectivity index (χ1) is 7.56. The van der Waals surface area contributed by atoms with Gasteiger partial charge in [-0.1, -0.05) is 0 Å². The highest BCUT2D eigenvalue weighted by atomic mass is 16.5. The highest BCUT2D eigenvalue weighted by Crippen LogP contribution is 1.91. The standard InChI is InChI=1S/C10H20N2O4/c1-8(2)16-9(13)4-5-11-10(14)12-6-7-15-3/h8H,4-7H2,1-3H3,(H2,11,12,14). The molecule has 6 heteroatoms. The predicted molar refractivity (Wildman–Crippen MR) is 59.1 cm³/mol. The lowest BCUT2D eigenvalue weighted by Crippen LogP contribution is -2.38. The number of methoxy groups -OCH3 is 1. The molecule has 0 radical (unpaired) electrons. The Hall–Kier alpha value is -1.30. The van der Waals surface area contributed by atoms with Crippen molar-refractivity contribution in [2.45, 2.75) is 26.4 Å². The van der Waals surface area contributed by atoms with Crippen LogP contribution in [0.15, 0.2) is 0 Å². The fourth-order valence-corrected chi connectivity index (χ4v) is 0.929. The smallest absolute Gasteiger partial charge is 0.314 e. The summed E-state index contributed by atoms with van der Waals surface area (Å²) in [6, 6.07) is -0.311. The number of esters is 1. The molecule has 0 saturated carbocycles. The van der Waals surface area contributed by atoms with Gasteiger partial charge in [0.05, 0.1) is 19.1 Å². The molecule has 0 aromatic heterocycles. The van der Waals surface area contributed by atoms with Gasteiger partial charge in [-0.05, 0) is 13.8 Å². The highest BCUT2D eigenvalue weighted by Gasteiger charge is 2.06. The molecule has 16 heavy (non-hydrogen) atoms. The van der Waals surface area contributed by atoms with E-state index in [2.05, 4.69) is 10.6 Å². The Bertz CT molecular complexity index is 219. The van der Waals surface area contributed by atoms with Crippen LogP contribution in [-0.2, 0) is 14.3 Å². The Kier molecular flexibility index (Phi) is 8.24. The van der Waals surface area contributed by atoms with Gasteiger partial charge in [0.25, 0.3) is 0 Å². The topological polar surface area (TPSA) is 76.7 Å². The van der Waals surface area contributed by atoms with Crippen molar-refractivity contribution in [3.05, 3.63) is 0 Å². The molecule has 0 saturated heterocycles. The molecule has 6 nitrogen and oxygen atoms in total. The van der Waals surface area contributed by atoms with Crippen molar-refractivity contribution in [1.29, 1.82) is 0 Å². The quantitative estimate of drug-likeness (QED) is 0.488. The van der Waals surface area contributed by atoms with Crippen LogP contribution < -0.4 is 10.6 Å². The minimum absolute atomic E-state index is 0.122. The van der Waals surface area contributed by atoms with Gasteiger partial charge >= 0.3 is 12.0 Å². The number of hydrogen-bond acceptors (Lipinski definition) is 4. The Morgan fingerprint density at radius 1 is 1.19 bits per heavy atom. The van der Waals surface area contributed by atoms with E-state index in [9.17, 15) is 9.59 Å². The molecule has 0 spiro atoms. The maximum atomic E-state index is 11.1. The normalized spacial score (nSPS) is 10.0. The molecule has 0 bridgehead atoms. The fourth-order valence-electron chi connectivity index (χ4n) is 0.929. The van der Waals surface area contributed by atoms with Gasteiger partial charge in [-0.2, -0.15) is 0 Å². The van der Waals surface area contributed by atoms with E-state index >= 15 is 0 Å². The molecule has 0 aliphatic heterocycles. The summed E-state index contributed by atoms with van der Waals surface area (Å²) in [4.78, 5) is 22.2. The molecule has 2 amide bonds. The van der Waals surface area contributed by atoms with Gasteiger partial charge in [0.1, 0.15) is 0 Å². The van der Waals surface area contributed by atoms with Crippen molar-refractivity contribution in [3.63, 3.8) is 0 Å². The van der Waals surface area contributed by atoms with Crippen LogP contribution in [0.2, 0.25) is 0 Å². The predicted octanol–water partition coefficient (Wildman–Crippen LogP) is 0.274. The number of rotatable bonds is 7. The van der Waals surface area contributed by atoms with E-state index < -0.39 is 0 Å². The molecule has 2 N–H and O–H groups in total. The first-order valence-corrected chi connectivity index (χ1v) is 5.26. The lowest BCUT2D eigenvalue weighted by atomic mass is 10.4. The van der Waals surface area contributed by atoms with E-state index in [4.69, 9.17) is 9.47 Å². The van der Waals surface area contributed by atoms with Crippen LogP contribution in [0.5, 0.6) is 0 Å². The molecule has 0 rings (SSSR count). The second-order valence-electron chi connectivity index (χ2n) is 3.46.